The molecule has 1 aromatic carbocycles. The Balaban J connectivity index is 0.00000243. The minimum atomic E-state index is -0.792. The van der Waals surface area contributed by atoms with Crippen molar-refractivity contribution in [1.29, 1.82) is 0 Å². The maximum atomic E-state index is 13.9. The standard InChI is InChI=1S/C18H23F2N3O2.ClH/c1-11(21)12-4-6-22(7-5-12)18(25)13-8-17(24)23(10-13)16-3-2-14(19)9-15(16)20;/h2-3,9,11-13H,4-8,10,21H2,1H3;1H. The van der Waals surface area contributed by atoms with Crippen molar-refractivity contribution < 1.29 is 18.4 Å². The molecule has 2 N–H and O–H groups in total. The number of anilines is 1. The third-order valence-electron chi connectivity index (χ3n) is 5.27. The zero-order valence-corrected chi connectivity index (χ0v) is 15.5. The molecule has 5 nitrogen and oxygen atoms in total. The van der Waals surface area contributed by atoms with Crippen LogP contribution in [0.2, 0.25) is 0 Å². The van der Waals surface area contributed by atoms with E-state index in [0.29, 0.717) is 19.0 Å². The molecule has 2 aliphatic rings. The summed E-state index contributed by atoms with van der Waals surface area (Å²) in [5.74, 6) is -1.93. The highest BCUT2D eigenvalue weighted by Gasteiger charge is 2.39. The van der Waals surface area contributed by atoms with E-state index in [9.17, 15) is 18.4 Å². The van der Waals surface area contributed by atoms with Crippen LogP contribution in [0.4, 0.5) is 14.5 Å². The Hall–Kier alpha value is -1.73. The number of rotatable bonds is 3. The van der Waals surface area contributed by atoms with Crippen LogP contribution < -0.4 is 10.6 Å². The summed E-state index contributed by atoms with van der Waals surface area (Å²) >= 11 is 0. The second kappa shape index (κ2) is 8.31. The smallest absolute Gasteiger partial charge is 0.228 e. The van der Waals surface area contributed by atoms with Gasteiger partial charge >= 0.3 is 0 Å². The molecule has 0 aliphatic carbocycles. The summed E-state index contributed by atoms with van der Waals surface area (Å²) < 4.78 is 27.0. The zero-order chi connectivity index (χ0) is 18.1. The number of carbonyl (C=O) groups excluding carboxylic acids is 2. The zero-order valence-electron chi connectivity index (χ0n) is 14.7. The lowest BCUT2D eigenvalue weighted by Crippen LogP contribution is -2.45. The van der Waals surface area contributed by atoms with Gasteiger partial charge in [0.05, 0.1) is 11.6 Å². The average molecular weight is 388 g/mol. The predicted octanol–water partition coefficient (Wildman–Crippen LogP) is 2.33. The maximum absolute atomic E-state index is 13.9. The molecule has 2 heterocycles. The molecule has 0 radical (unpaired) electrons. The van der Waals surface area contributed by atoms with E-state index in [2.05, 4.69) is 0 Å². The number of hydrogen-bond acceptors (Lipinski definition) is 3. The van der Waals surface area contributed by atoms with Gasteiger partial charge in [0.15, 0.2) is 0 Å². The van der Waals surface area contributed by atoms with Crippen molar-refractivity contribution in [2.75, 3.05) is 24.5 Å². The quantitative estimate of drug-likeness (QED) is 0.865. The lowest BCUT2D eigenvalue weighted by Gasteiger charge is -2.35. The van der Waals surface area contributed by atoms with Crippen LogP contribution in [0.25, 0.3) is 0 Å². The molecular weight excluding hydrogens is 364 g/mol. The fourth-order valence-electron chi connectivity index (χ4n) is 3.71. The van der Waals surface area contributed by atoms with Crippen LogP contribution in [0.15, 0.2) is 18.2 Å². The van der Waals surface area contributed by atoms with Crippen LogP contribution in [0.3, 0.4) is 0 Å². The minimum absolute atomic E-state index is 0. The van der Waals surface area contributed by atoms with Crippen LogP contribution in [-0.2, 0) is 9.59 Å². The first-order chi connectivity index (χ1) is 11.9. The van der Waals surface area contributed by atoms with Crippen molar-refractivity contribution in [2.24, 2.45) is 17.6 Å². The second-order valence-electron chi connectivity index (χ2n) is 7.02. The third kappa shape index (κ3) is 4.15. The fraction of sp³-hybridized carbons (Fsp3) is 0.556. The summed E-state index contributed by atoms with van der Waals surface area (Å²) in [5, 5.41) is 0. The lowest BCUT2D eigenvalue weighted by atomic mass is 9.90. The molecule has 0 spiro atoms. The summed E-state index contributed by atoms with van der Waals surface area (Å²) in [6, 6.07) is 3.21. The monoisotopic (exact) mass is 387 g/mol. The Labute approximate surface area is 157 Å². The van der Waals surface area contributed by atoms with Gasteiger partial charge in [-0.05, 0) is 37.8 Å². The fourth-order valence-corrected chi connectivity index (χ4v) is 3.71. The molecule has 8 heteroatoms. The Kier molecular flexibility index (Phi) is 6.58. The summed E-state index contributed by atoms with van der Waals surface area (Å²) in [4.78, 5) is 28.0. The predicted molar refractivity (Wildman–Crippen MR) is 97.0 cm³/mol. The highest BCUT2D eigenvalue weighted by Crippen LogP contribution is 2.30. The number of amides is 2. The van der Waals surface area contributed by atoms with E-state index in [1.54, 1.807) is 4.90 Å². The topological polar surface area (TPSA) is 66.6 Å². The molecule has 0 saturated carbocycles. The average Bonchev–Trinajstić information content (AvgIpc) is 2.96. The van der Waals surface area contributed by atoms with Gasteiger partial charge in [-0.25, -0.2) is 8.78 Å². The first kappa shape index (κ1) is 20.6. The summed E-state index contributed by atoms with van der Waals surface area (Å²) in [5.41, 5.74) is 5.94. The Bertz CT molecular complexity index is 678. The van der Waals surface area contributed by atoms with Crippen LogP contribution in [-0.4, -0.2) is 42.4 Å². The molecular formula is C18H24ClF2N3O2. The van der Waals surface area contributed by atoms with E-state index < -0.39 is 17.6 Å². The van der Waals surface area contributed by atoms with Crippen LogP contribution in [0.5, 0.6) is 0 Å². The first-order valence-electron chi connectivity index (χ1n) is 8.66. The number of piperidine rings is 1. The highest BCUT2D eigenvalue weighted by atomic mass is 35.5. The molecule has 1 aromatic rings. The SMILES string of the molecule is CC(N)C1CCN(C(=O)C2CC(=O)N(c3ccc(F)cc3F)C2)CC1.Cl. The van der Waals surface area contributed by atoms with Crippen molar-refractivity contribution in [1.82, 2.24) is 4.90 Å². The van der Waals surface area contributed by atoms with Crippen molar-refractivity contribution in [2.45, 2.75) is 32.2 Å². The molecule has 2 saturated heterocycles. The molecule has 26 heavy (non-hydrogen) atoms. The molecule has 2 amide bonds. The van der Waals surface area contributed by atoms with Gasteiger partial charge in [0, 0.05) is 38.2 Å². The maximum Gasteiger partial charge on any atom is 0.228 e. The van der Waals surface area contributed by atoms with Crippen LogP contribution in [0, 0.1) is 23.5 Å². The third-order valence-corrected chi connectivity index (χ3v) is 5.27. The summed E-state index contributed by atoms with van der Waals surface area (Å²) in [7, 11) is 0. The number of benzene rings is 1. The Morgan fingerprint density at radius 3 is 2.50 bits per heavy atom. The number of hydrogen-bond donors (Lipinski definition) is 1. The van der Waals surface area contributed by atoms with Crippen molar-refractivity contribution in [3.63, 3.8) is 0 Å². The van der Waals surface area contributed by atoms with Crippen molar-refractivity contribution in [3.05, 3.63) is 29.8 Å². The van der Waals surface area contributed by atoms with Gasteiger partial charge in [0.1, 0.15) is 11.6 Å². The van der Waals surface area contributed by atoms with E-state index in [1.165, 1.54) is 11.0 Å². The molecule has 144 valence electrons. The Morgan fingerprint density at radius 1 is 1.27 bits per heavy atom. The number of nitrogens with zero attached hydrogens (tertiary/aromatic N) is 2. The van der Waals surface area contributed by atoms with E-state index in [1.807, 2.05) is 6.92 Å². The van der Waals surface area contributed by atoms with Gasteiger partial charge in [-0.1, -0.05) is 0 Å². The van der Waals surface area contributed by atoms with Crippen molar-refractivity contribution in [3.8, 4) is 0 Å². The van der Waals surface area contributed by atoms with Crippen LogP contribution in [0.1, 0.15) is 26.2 Å². The molecule has 2 atom stereocenters. The molecule has 2 unspecified atom stereocenters. The highest BCUT2D eigenvalue weighted by molar-refractivity contribution is 6.00. The normalized spacial score (nSPS) is 22.3. The van der Waals surface area contributed by atoms with E-state index in [0.717, 1.165) is 25.0 Å². The lowest BCUT2D eigenvalue weighted by molar-refractivity contribution is -0.137. The van der Waals surface area contributed by atoms with Crippen molar-refractivity contribution >= 4 is 29.9 Å². The number of nitrogens with two attached hydrogens (primary N) is 1. The second-order valence-corrected chi connectivity index (χ2v) is 7.02. The molecule has 0 aromatic heterocycles. The summed E-state index contributed by atoms with van der Waals surface area (Å²) in [6.07, 6.45) is 1.78. The van der Waals surface area contributed by atoms with Gasteiger partial charge < -0.3 is 15.5 Å². The van der Waals surface area contributed by atoms with E-state index >= 15 is 0 Å². The van der Waals surface area contributed by atoms with Gasteiger partial charge in [-0.15, -0.1) is 12.4 Å². The summed E-state index contributed by atoms with van der Waals surface area (Å²) in [6.45, 7) is 3.39. The van der Waals surface area contributed by atoms with E-state index in [-0.39, 0.29) is 48.9 Å². The molecule has 3 rings (SSSR count). The van der Waals surface area contributed by atoms with Gasteiger partial charge in [-0.3, -0.25) is 9.59 Å². The van der Waals surface area contributed by atoms with Gasteiger partial charge in [0.25, 0.3) is 0 Å². The first-order valence-corrected chi connectivity index (χ1v) is 8.66. The number of likely N-dealkylation sites (tertiary alicyclic amines) is 1. The van der Waals surface area contributed by atoms with Gasteiger partial charge in [0.2, 0.25) is 11.8 Å². The van der Waals surface area contributed by atoms with Gasteiger partial charge in [-0.2, -0.15) is 0 Å². The Morgan fingerprint density at radius 2 is 1.92 bits per heavy atom. The number of halogens is 3. The molecule has 0 bridgehead atoms. The molecule has 2 aliphatic heterocycles. The minimum Gasteiger partial charge on any atom is -0.342 e. The van der Waals surface area contributed by atoms with E-state index in [4.69, 9.17) is 5.73 Å². The molecule has 2 fully saturated rings. The van der Waals surface area contributed by atoms with Crippen LogP contribution >= 0.6 is 12.4 Å². The largest absolute Gasteiger partial charge is 0.342 e. The number of carbonyl (C=O) groups is 2.